The average Bonchev–Trinajstić information content (AvgIpc) is 2.47. The molecule has 2 rings (SSSR count). The van der Waals surface area contributed by atoms with Crippen molar-refractivity contribution in [3.8, 4) is 16.9 Å². The molecule has 5 heteroatoms. The van der Waals surface area contributed by atoms with Crippen LogP contribution < -0.4 is 10.1 Å². The van der Waals surface area contributed by atoms with Crippen LogP contribution >= 0.6 is 0 Å². The first kappa shape index (κ1) is 15.6. The Morgan fingerprint density at radius 3 is 2.50 bits per heavy atom. The van der Waals surface area contributed by atoms with E-state index >= 15 is 0 Å². The number of carbonyl (C=O) groups is 2. The monoisotopic (exact) mass is 299 g/mol. The van der Waals surface area contributed by atoms with Gasteiger partial charge in [0.15, 0.2) is 0 Å². The van der Waals surface area contributed by atoms with Crippen molar-refractivity contribution in [2.45, 2.75) is 13.8 Å². The molecule has 0 bridgehead atoms. The highest BCUT2D eigenvalue weighted by atomic mass is 16.5. The summed E-state index contributed by atoms with van der Waals surface area (Å²) in [5.41, 5.74) is 2.34. The lowest BCUT2D eigenvalue weighted by Crippen LogP contribution is -2.05. The number of rotatable bonds is 5. The summed E-state index contributed by atoms with van der Waals surface area (Å²) in [5.74, 6) is -0.852. The van der Waals surface area contributed by atoms with Crippen molar-refractivity contribution in [2.24, 2.45) is 0 Å². The first-order valence-corrected chi connectivity index (χ1v) is 6.89. The summed E-state index contributed by atoms with van der Waals surface area (Å²) >= 11 is 0. The third kappa shape index (κ3) is 3.63. The first-order chi connectivity index (χ1) is 10.5. The Labute approximate surface area is 128 Å². The van der Waals surface area contributed by atoms with E-state index < -0.39 is 5.97 Å². The summed E-state index contributed by atoms with van der Waals surface area (Å²) in [6, 6.07) is 12.2. The van der Waals surface area contributed by atoms with Crippen molar-refractivity contribution >= 4 is 17.6 Å². The third-order valence-electron chi connectivity index (χ3n) is 3.03. The highest BCUT2D eigenvalue weighted by Crippen LogP contribution is 2.28. The molecule has 2 aromatic carbocycles. The number of anilines is 1. The molecule has 0 heterocycles. The highest BCUT2D eigenvalue weighted by Gasteiger charge is 2.13. The Morgan fingerprint density at radius 2 is 1.86 bits per heavy atom. The van der Waals surface area contributed by atoms with Gasteiger partial charge in [-0.15, -0.1) is 0 Å². The van der Waals surface area contributed by atoms with Crippen LogP contribution in [0.2, 0.25) is 0 Å². The molecule has 0 aliphatic heterocycles. The Bertz CT molecular complexity index is 710. The number of hydrogen-bond donors (Lipinski definition) is 2. The minimum atomic E-state index is -1.04. The summed E-state index contributed by atoms with van der Waals surface area (Å²) in [6.07, 6.45) is 0. The van der Waals surface area contributed by atoms with Gasteiger partial charge in [0.1, 0.15) is 11.3 Å². The van der Waals surface area contributed by atoms with Crippen LogP contribution in [-0.4, -0.2) is 23.6 Å². The minimum Gasteiger partial charge on any atom is -0.493 e. The molecule has 0 aliphatic carbocycles. The van der Waals surface area contributed by atoms with Crippen molar-refractivity contribution in [1.82, 2.24) is 0 Å². The van der Waals surface area contributed by atoms with E-state index in [1.165, 1.54) is 6.92 Å². The van der Waals surface area contributed by atoms with E-state index in [9.17, 15) is 14.7 Å². The topological polar surface area (TPSA) is 75.6 Å². The first-order valence-electron chi connectivity index (χ1n) is 6.89. The van der Waals surface area contributed by atoms with Gasteiger partial charge < -0.3 is 15.2 Å². The minimum absolute atomic E-state index is 0.115. The summed E-state index contributed by atoms with van der Waals surface area (Å²) in [6.45, 7) is 3.64. The Balaban J connectivity index is 2.42. The van der Waals surface area contributed by atoms with E-state index in [0.717, 1.165) is 11.1 Å². The number of ether oxygens (including phenoxy) is 1. The molecule has 0 saturated heterocycles. The summed E-state index contributed by atoms with van der Waals surface area (Å²) in [4.78, 5) is 22.5. The predicted octanol–water partition coefficient (Wildman–Crippen LogP) is 3.41. The lowest BCUT2D eigenvalue weighted by molar-refractivity contribution is -0.114. The quantitative estimate of drug-likeness (QED) is 0.887. The Morgan fingerprint density at radius 1 is 1.14 bits per heavy atom. The van der Waals surface area contributed by atoms with Gasteiger partial charge in [0, 0.05) is 12.6 Å². The number of carbonyl (C=O) groups excluding carboxylic acids is 1. The van der Waals surface area contributed by atoms with E-state index in [1.807, 2.05) is 6.07 Å². The average molecular weight is 299 g/mol. The lowest BCUT2D eigenvalue weighted by Gasteiger charge is -2.10. The van der Waals surface area contributed by atoms with E-state index in [1.54, 1.807) is 43.3 Å². The second kappa shape index (κ2) is 6.76. The van der Waals surface area contributed by atoms with Gasteiger partial charge in [-0.05, 0) is 42.3 Å². The van der Waals surface area contributed by atoms with Crippen LogP contribution in [-0.2, 0) is 4.79 Å². The van der Waals surface area contributed by atoms with Crippen LogP contribution in [0.3, 0.4) is 0 Å². The van der Waals surface area contributed by atoms with Crippen LogP contribution in [0.5, 0.6) is 5.75 Å². The molecule has 2 N–H and O–H groups in total. The predicted molar refractivity (Wildman–Crippen MR) is 84.3 cm³/mol. The van der Waals surface area contributed by atoms with E-state index in [4.69, 9.17) is 4.74 Å². The SMILES string of the molecule is CCOc1ccc(-c2cccc(NC(C)=O)c2)cc1C(=O)O. The number of amides is 1. The Kier molecular flexibility index (Phi) is 4.78. The molecule has 5 nitrogen and oxygen atoms in total. The standard InChI is InChI=1S/C17H17NO4/c1-3-22-16-8-7-13(10-15(16)17(20)21)12-5-4-6-14(9-12)18-11(2)19/h4-10H,3H2,1-2H3,(H,18,19)(H,20,21). The largest absolute Gasteiger partial charge is 0.493 e. The molecule has 0 aromatic heterocycles. The molecule has 0 spiro atoms. The van der Waals surface area contributed by atoms with Crippen LogP contribution in [0.25, 0.3) is 11.1 Å². The molecule has 22 heavy (non-hydrogen) atoms. The van der Waals surface area contributed by atoms with Gasteiger partial charge in [-0.25, -0.2) is 4.79 Å². The van der Waals surface area contributed by atoms with Gasteiger partial charge in [0.05, 0.1) is 6.61 Å². The van der Waals surface area contributed by atoms with Crippen LogP contribution in [0, 0.1) is 0 Å². The van der Waals surface area contributed by atoms with E-state index in [0.29, 0.717) is 18.0 Å². The van der Waals surface area contributed by atoms with Gasteiger partial charge in [-0.3, -0.25) is 4.79 Å². The molecule has 0 radical (unpaired) electrons. The number of hydrogen-bond acceptors (Lipinski definition) is 3. The molecule has 0 atom stereocenters. The maximum Gasteiger partial charge on any atom is 0.339 e. The maximum absolute atomic E-state index is 11.4. The molecule has 114 valence electrons. The molecular formula is C17H17NO4. The summed E-state index contributed by atoms with van der Waals surface area (Å²) < 4.78 is 5.33. The molecule has 0 aliphatic rings. The van der Waals surface area contributed by atoms with E-state index in [2.05, 4.69) is 5.32 Å². The number of carboxylic acid groups (broad SMARTS) is 1. The van der Waals surface area contributed by atoms with Gasteiger partial charge in [0.25, 0.3) is 0 Å². The molecule has 2 aromatic rings. The fourth-order valence-corrected chi connectivity index (χ4v) is 2.14. The van der Waals surface area contributed by atoms with Crippen LogP contribution in [0.4, 0.5) is 5.69 Å². The number of benzene rings is 2. The third-order valence-corrected chi connectivity index (χ3v) is 3.03. The zero-order valence-electron chi connectivity index (χ0n) is 12.4. The van der Waals surface area contributed by atoms with Crippen molar-refractivity contribution in [2.75, 3.05) is 11.9 Å². The zero-order valence-corrected chi connectivity index (χ0v) is 12.4. The smallest absolute Gasteiger partial charge is 0.339 e. The fraction of sp³-hybridized carbons (Fsp3) is 0.176. The van der Waals surface area contributed by atoms with Gasteiger partial charge >= 0.3 is 5.97 Å². The Hall–Kier alpha value is -2.82. The molecule has 1 amide bonds. The van der Waals surface area contributed by atoms with Crippen molar-refractivity contribution in [3.05, 3.63) is 48.0 Å². The molecule has 0 fully saturated rings. The lowest BCUT2D eigenvalue weighted by atomic mass is 10.0. The van der Waals surface area contributed by atoms with E-state index in [-0.39, 0.29) is 11.5 Å². The van der Waals surface area contributed by atoms with Crippen LogP contribution in [0.15, 0.2) is 42.5 Å². The number of aromatic carboxylic acids is 1. The van der Waals surface area contributed by atoms with Gasteiger partial charge in [0.2, 0.25) is 5.91 Å². The normalized spacial score (nSPS) is 10.1. The van der Waals surface area contributed by atoms with Crippen molar-refractivity contribution in [3.63, 3.8) is 0 Å². The second-order valence-electron chi connectivity index (χ2n) is 4.71. The summed E-state index contributed by atoms with van der Waals surface area (Å²) in [5, 5.41) is 12.0. The molecule has 0 unspecified atom stereocenters. The summed E-state index contributed by atoms with van der Waals surface area (Å²) in [7, 11) is 0. The highest BCUT2D eigenvalue weighted by molar-refractivity contribution is 5.93. The fourth-order valence-electron chi connectivity index (χ4n) is 2.14. The van der Waals surface area contributed by atoms with Gasteiger partial charge in [-0.1, -0.05) is 18.2 Å². The second-order valence-corrected chi connectivity index (χ2v) is 4.71. The number of carboxylic acids is 1. The zero-order chi connectivity index (χ0) is 16.1. The van der Waals surface area contributed by atoms with Crippen LogP contribution in [0.1, 0.15) is 24.2 Å². The van der Waals surface area contributed by atoms with Crippen molar-refractivity contribution < 1.29 is 19.4 Å². The van der Waals surface area contributed by atoms with Crippen molar-refractivity contribution in [1.29, 1.82) is 0 Å². The molecule has 0 saturated carbocycles. The number of nitrogens with one attached hydrogen (secondary N) is 1. The maximum atomic E-state index is 11.4. The molecular weight excluding hydrogens is 282 g/mol. The van der Waals surface area contributed by atoms with Gasteiger partial charge in [-0.2, -0.15) is 0 Å².